The van der Waals surface area contributed by atoms with Gasteiger partial charge in [-0.1, -0.05) is 25.1 Å². The van der Waals surface area contributed by atoms with Crippen LogP contribution in [0.2, 0.25) is 0 Å². The van der Waals surface area contributed by atoms with Crippen molar-refractivity contribution in [2.45, 2.75) is 43.5 Å². The number of amides is 1. The van der Waals surface area contributed by atoms with E-state index in [0.717, 1.165) is 25.7 Å². The molecule has 0 atom stereocenters. The van der Waals surface area contributed by atoms with Crippen LogP contribution in [0.4, 0.5) is 5.69 Å². The first kappa shape index (κ1) is 23.6. The lowest BCUT2D eigenvalue weighted by Crippen LogP contribution is -2.39. The molecule has 8 nitrogen and oxygen atoms in total. The van der Waals surface area contributed by atoms with Gasteiger partial charge in [-0.25, -0.2) is 13.2 Å². The quantitative estimate of drug-likeness (QED) is 0.585. The molecule has 0 aliphatic heterocycles. The zero-order valence-electron chi connectivity index (χ0n) is 18.2. The lowest BCUT2D eigenvalue weighted by atomic mass is 9.87. The molecule has 172 valence electrons. The van der Waals surface area contributed by atoms with Crippen LogP contribution >= 0.6 is 0 Å². The summed E-state index contributed by atoms with van der Waals surface area (Å²) >= 11 is 0. The van der Waals surface area contributed by atoms with Crippen LogP contribution < -0.4 is 14.8 Å². The number of carbonyl (C=O) groups excluding carboxylic acids is 2. The number of hydrogen-bond donors (Lipinski definition) is 2. The monoisotopic (exact) mass is 460 g/mol. The number of anilines is 1. The van der Waals surface area contributed by atoms with E-state index in [1.54, 1.807) is 24.3 Å². The highest BCUT2D eigenvalue weighted by atomic mass is 32.2. The van der Waals surface area contributed by atoms with E-state index in [1.807, 2.05) is 0 Å². The summed E-state index contributed by atoms with van der Waals surface area (Å²) in [6.07, 6.45) is 3.96. The van der Waals surface area contributed by atoms with E-state index in [1.165, 1.54) is 31.4 Å². The SMILES string of the molecule is COc1ccccc1NS(=O)(=O)c1cccc(C(=O)OCC(=O)NC2CCC(C)CC2)c1. The average molecular weight is 461 g/mol. The molecule has 0 heterocycles. The molecule has 0 unspecified atom stereocenters. The van der Waals surface area contributed by atoms with Crippen molar-refractivity contribution in [1.82, 2.24) is 5.32 Å². The first-order valence-electron chi connectivity index (χ1n) is 10.5. The highest BCUT2D eigenvalue weighted by Crippen LogP contribution is 2.26. The van der Waals surface area contributed by atoms with Crippen molar-refractivity contribution in [3.05, 3.63) is 54.1 Å². The molecule has 0 aromatic heterocycles. The summed E-state index contributed by atoms with van der Waals surface area (Å²) in [5.74, 6) is -0.0987. The fraction of sp³-hybridized carbons (Fsp3) is 0.391. The van der Waals surface area contributed by atoms with E-state index in [2.05, 4.69) is 17.0 Å². The third-order valence-corrected chi connectivity index (χ3v) is 6.81. The second-order valence-electron chi connectivity index (χ2n) is 7.93. The Morgan fingerprint density at radius 3 is 2.47 bits per heavy atom. The van der Waals surface area contributed by atoms with Gasteiger partial charge in [0.15, 0.2) is 6.61 Å². The first-order valence-corrected chi connectivity index (χ1v) is 12.0. The second-order valence-corrected chi connectivity index (χ2v) is 9.62. The molecule has 0 radical (unpaired) electrons. The average Bonchev–Trinajstić information content (AvgIpc) is 2.79. The van der Waals surface area contributed by atoms with Gasteiger partial charge in [0.05, 0.1) is 23.3 Å². The molecule has 2 N–H and O–H groups in total. The van der Waals surface area contributed by atoms with Crippen LogP contribution in [0, 0.1) is 5.92 Å². The number of rotatable bonds is 8. The molecule has 9 heteroatoms. The molecule has 32 heavy (non-hydrogen) atoms. The van der Waals surface area contributed by atoms with Crippen LogP contribution in [0.25, 0.3) is 0 Å². The highest BCUT2D eigenvalue weighted by molar-refractivity contribution is 7.92. The molecular weight excluding hydrogens is 432 g/mol. The van der Waals surface area contributed by atoms with Crippen molar-refractivity contribution in [2.24, 2.45) is 5.92 Å². The van der Waals surface area contributed by atoms with Gasteiger partial charge < -0.3 is 14.8 Å². The maximum atomic E-state index is 12.8. The maximum absolute atomic E-state index is 12.8. The Balaban J connectivity index is 1.61. The number of ether oxygens (including phenoxy) is 2. The van der Waals surface area contributed by atoms with Crippen LogP contribution in [0.1, 0.15) is 43.0 Å². The standard InChI is InChI=1S/C23H28N2O6S/c1-16-10-12-18(13-11-16)24-22(26)15-31-23(27)17-6-5-7-19(14-17)32(28,29)25-20-8-3-4-9-21(20)30-2/h3-9,14,16,18,25H,10-13,15H2,1-2H3,(H,24,26). The summed E-state index contributed by atoms with van der Waals surface area (Å²) in [7, 11) is -2.53. The Kier molecular flexibility index (Phi) is 7.74. The Hall–Kier alpha value is -3.07. The minimum absolute atomic E-state index is 0.0344. The number of nitrogens with one attached hydrogen (secondary N) is 2. The van der Waals surface area contributed by atoms with Crippen LogP contribution in [-0.4, -0.2) is 40.1 Å². The minimum Gasteiger partial charge on any atom is -0.495 e. The lowest BCUT2D eigenvalue weighted by molar-refractivity contribution is -0.125. The topological polar surface area (TPSA) is 111 Å². The van der Waals surface area contributed by atoms with Crippen LogP contribution in [0.3, 0.4) is 0 Å². The predicted molar refractivity (Wildman–Crippen MR) is 120 cm³/mol. The van der Waals surface area contributed by atoms with Crippen molar-refractivity contribution in [2.75, 3.05) is 18.4 Å². The molecule has 1 amide bonds. The van der Waals surface area contributed by atoms with Crippen molar-refractivity contribution in [3.8, 4) is 5.75 Å². The van der Waals surface area contributed by atoms with Gasteiger partial charge in [-0.3, -0.25) is 9.52 Å². The normalized spacial score (nSPS) is 18.4. The Labute approximate surface area is 188 Å². The van der Waals surface area contributed by atoms with E-state index in [-0.39, 0.29) is 28.1 Å². The molecule has 0 saturated heterocycles. The zero-order valence-corrected chi connectivity index (χ0v) is 19.0. The fourth-order valence-electron chi connectivity index (χ4n) is 3.61. The number of carbonyl (C=O) groups is 2. The van der Waals surface area contributed by atoms with E-state index < -0.39 is 22.6 Å². The second kappa shape index (κ2) is 10.5. The molecule has 2 aromatic rings. The molecule has 0 bridgehead atoms. The fourth-order valence-corrected chi connectivity index (χ4v) is 4.73. The van der Waals surface area contributed by atoms with Crippen molar-refractivity contribution >= 4 is 27.6 Å². The number of methoxy groups -OCH3 is 1. The molecular formula is C23H28N2O6S. The molecule has 0 spiro atoms. The maximum Gasteiger partial charge on any atom is 0.338 e. The molecule has 1 saturated carbocycles. The lowest BCUT2D eigenvalue weighted by Gasteiger charge is -2.26. The van der Waals surface area contributed by atoms with E-state index in [4.69, 9.17) is 9.47 Å². The van der Waals surface area contributed by atoms with Gasteiger partial charge in [0.25, 0.3) is 15.9 Å². The summed E-state index contributed by atoms with van der Waals surface area (Å²) in [5.41, 5.74) is 0.309. The van der Waals surface area contributed by atoms with Crippen LogP contribution in [-0.2, 0) is 19.6 Å². The Morgan fingerprint density at radius 1 is 1.03 bits per heavy atom. The molecule has 1 aliphatic rings. The molecule has 3 rings (SSSR count). The summed E-state index contributed by atoms with van der Waals surface area (Å²) in [6.45, 7) is 1.78. The van der Waals surface area contributed by atoms with Crippen LogP contribution in [0.5, 0.6) is 5.75 Å². The number of esters is 1. The number of hydrogen-bond acceptors (Lipinski definition) is 6. The van der Waals surface area contributed by atoms with Gasteiger partial charge >= 0.3 is 5.97 Å². The first-order chi connectivity index (χ1) is 15.3. The van der Waals surface area contributed by atoms with Crippen LogP contribution in [0.15, 0.2) is 53.4 Å². The van der Waals surface area contributed by atoms with Crippen molar-refractivity contribution in [3.63, 3.8) is 0 Å². The number of sulfonamides is 1. The predicted octanol–water partition coefficient (Wildman–Crippen LogP) is 3.35. The number of benzene rings is 2. The van der Waals surface area contributed by atoms with Gasteiger partial charge in [-0.05, 0) is 61.9 Å². The molecule has 1 fully saturated rings. The largest absolute Gasteiger partial charge is 0.495 e. The van der Waals surface area contributed by atoms with Gasteiger partial charge in [-0.2, -0.15) is 0 Å². The van der Waals surface area contributed by atoms with Gasteiger partial charge in [-0.15, -0.1) is 0 Å². The Bertz CT molecular complexity index is 1060. The summed E-state index contributed by atoms with van der Waals surface area (Å²) in [5, 5.41) is 2.89. The summed E-state index contributed by atoms with van der Waals surface area (Å²) in [4.78, 5) is 24.4. The van der Waals surface area contributed by atoms with E-state index in [9.17, 15) is 18.0 Å². The smallest absolute Gasteiger partial charge is 0.338 e. The van der Waals surface area contributed by atoms with Gasteiger partial charge in [0.1, 0.15) is 5.75 Å². The van der Waals surface area contributed by atoms with Crippen molar-refractivity contribution in [1.29, 1.82) is 0 Å². The Morgan fingerprint density at radius 2 is 1.75 bits per heavy atom. The molecule has 1 aliphatic carbocycles. The summed E-state index contributed by atoms with van der Waals surface area (Å²) < 4.78 is 38.2. The van der Waals surface area contributed by atoms with E-state index >= 15 is 0 Å². The summed E-state index contributed by atoms with van der Waals surface area (Å²) in [6, 6.07) is 12.1. The molecule has 2 aromatic carbocycles. The van der Waals surface area contributed by atoms with Gasteiger partial charge in [0.2, 0.25) is 0 Å². The van der Waals surface area contributed by atoms with Gasteiger partial charge in [0, 0.05) is 6.04 Å². The third-order valence-electron chi connectivity index (χ3n) is 5.45. The van der Waals surface area contributed by atoms with Crippen molar-refractivity contribution < 1.29 is 27.5 Å². The minimum atomic E-state index is -3.97. The van der Waals surface area contributed by atoms with E-state index in [0.29, 0.717) is 11.7 Å². The number of para-hydroxylation sites is 2. The highest BCUT2D eigenvalue weighted by Gasteiger charge is 2.21. The third kappa shape index (κ3) is 6.23. The zero-order chi connectivity index (χ0) is 23.1.